The molecule has 0 amide bonds. The number of halogens is 1. The summed E-state index contributed by atoms with van der Waals surface area (Å²) in [7, 11) is -2.52. The molecule has 2 heterocycles. The van der Waals surface area contributed by atoms with Crippen LogP contribution < -0.4 is 5.32 Å². The number of furan rings is 1. The number of hydrogen-bond donors (Lipinski definition) is 1. The van der Waals surface area contributed by atoms with E-state index in [1.807, 2.05) is 6.92 Å². The molecule has 1 N–H and O–H groups in total. The Labute approximate surface area is 149 Å². The summed E-state index contributed by atoms with van der Waals surface area (Å²) in [5, 5.41) is 3.04. The van der Waals surface area contributed by atoms with Crippen molar-refractivity contribution in [1.82, 2.24) is 9.62 Å². The Morgan fingerprint density at radius 1 is 1.42 bits per heavy atom. The van der Waals surface area contributed by atoms with E-state index in [4.69, 9.17) is 4.42 Å². The molecule has 0 aliphatic carbocycles. The summed E-state index contributed by atoms with van der Waals surface area (Å²) in [5.74, 6) is -0.353. The monoisotopic (exact) mass is 380 g/mol. The first-order valence-electron chi connectivity index (χ1n) is 7.83. The Morgan fingerprint density at radius 3 is 2.58 bits per heavy atom. The third kappa shape index (κ3) is 4.30. The highest BCUT2D eigenvalue weighted by molar-refractivity contribution is 7.89. The normalized spacial score (nSPS) is 16.0. The molecule has 1 aromatic heterocycles. The molecule has 0 radical (unpaired) electrons. The summed E-state index contributed by atoms with van der Waals surface area (Å²) in [6.07, 6.45) is 2.25. The minimum absolute atomic E-state index is 0. The van der Waals surface area contributed by atoms with Crippen molar-refractivity contribution in [3.8, 4) is 0 Å². The number of piperidine rings is 1. The minimum atomic E-state index is -3.78. The molecule has 1 aliphatic heterocycles. The fourth-order valence-corrected chi connectivity index (χ4v) is 4.58. The fourth-order valence-electron chi connectivity index (χ4n) is 2.82. The lowest BCUT2D eigenvalue weighted by Crippen LogP contribution is -2.46. The van der Waals surface area contributed by atoms with Gasteiger partial charge in [-0.05, 0) is 39.3 Å². The van der Waals surface area contributed by atoms with E-state index >= 15 is 0 Å². The van der Waals surface area contributed by atoms with Crippen LogP contribution in [-0.4, -0.2) is 51.5 Å². The maximum atomic E-state index is 13.0. The van der Waals surface area contributed by atoms with Gasteiger partial charge in [-0.15, -0.1) is 12.4 Å². The van der Waals surface area contributed by atoms with Crippen molar-refractivity contribution in [1.29, 1.82) is 0 Å². The van der Waals surface area contributed by atoms with Crippen molar-refractivity contribution in [2.24, 2.45) is 0 Å². The Kier molecular flexibility index (Phi) is 7.72. The van der Waals surface area contributed by atoms with Crippen molar-refractivity contribution >= 4 is 28.4 Å². The maximum absolute atomic E-state index is 13.0. The predicted octanol–water partition coefficient (Wildman–Crippen LogP) is 1.95. The summed E-state index contributed by atoms with van der Waals surface area (Å²) in [4.78, 5) is 11.7. The van der Waals surface area contributed by atoms with Gasteiger partial charge in [0.1, 0.15) is 11.3 Å². The van der Waals surface area contributed by atoms with Crippen LogP contribution in [0, 0.1) is 6.92 Å². The number of carbonyl (C=O) groups is 1. The average molecular weight is 381 g/mol. The first-order valence-corrected chi connectivity index (χ1v) is 9.27. The highest BCUT2D eigenvalue weighted by atomic mass is 35.5. The highest BCUT2D eigenvalue weighted by Crippen LogP contribution is 2.26. The Morgan fingerprint density at radius 2 is 2.04 bits per heavy atom. The molecule has 1 aliphatic rings. The van der Waals surface area contributed by atoms with Crippen LogP contribution in [0.4, 0.5) is 0 Å². The Balaban J connectivity index is 0.00000288. The predicted molar refractivity (Wildman–Crippen MR) is 92.1 cm³/mol. The number of hydrogen-bond acceptors (Lipinski definition) is 6. The van der Waals surface area contributed by atoms with Crippen molar-refractivity contribution in [2.75, 3.05) is 26.7 Å². The number of rotatable bonds is 6. The number of methoxy groups -OCH3 is 1. The second kappa shape index (κ2) is 8.84. The molecule has 2 rings (SSSR count). The van der Waals surface area contributed by atoms with E-state index in [1.54, 1.807) is 6.92 Å². The summed E-state index contributed by atoms with van der Waals surface area (Å²) in [6.45, 7) is 5.52. The molecule has 24 heavy (non-hydrogen) atoms. The lowest BCUT2D eigenvalue weighted by Gasteiger charge is -2.32. The molecule has 9 heteroatoms. The average Bonchev–Trinajstić information content (AvgIpc) is 2.95. The molecule has 7 nitrogen and oxygen atoms in total. The van der Waals surface area contributed by atoms with Gasteiger partial charge in [-0.3, -0.25) is 0 Å². The quantitative estimate of drug-likeness (QED) is 0.759. The van der Waals surface area contributed by atoms with Gasteiger partial charge in [0.05, 0.1) is 7.11 Å². The number of nitrogens with one attached hydrogen (secondary N) is 1. The maximum Gasteiger partial charge on any atom is 0.341 e. The molecule has 1 saturated heterocycles. The lowest BCUT2D eigenvalue weighted by atomic mass is 10.1. The number of nitrogens with zero attached hydrogens (tertiary/aromatic N) is 1. The van der Waals surface area contributed by atoms with Crippen molar-refractivity contribution < 1.29 is 22.4 Å². The first-order chi connectivity index (χ1) is 10.9. The standard InChI is InChI=1S/C15H24N2O5S.ClH/c1-4-9-17(12-5-7-16-8-6-12)23(19,20)14-10-13(11(2)22-14)15(18)21-3;/h10,12,16H,4-9H2,1-3H3;1H. The summed E-state index contributed by atoms with van der Waals surface area (Å²) >= 11 is 0. The van der Waals surface area contributed by atoms with Crippen molar-refractivity contribution in [2.45, 2.75) is 44.2 Å². The van der Waals surface area contributed by atoms with Gasteiger partial charge in [-0.2, -0.15) is 4.31 Å². The van der Waals surface area contributed by atoms with Gasteiger partial charge in [0.25, 0.3) is 10.0 Å². The molecule has 138 valence electrons. The second-order valence-electron chi connectivity index (χ2n) is 5.62. The van der Waals surface area contributed by atoms with Crippen LogP contribution in [0.2, 0.25) is 0 Å². The van der Waals surface area contributed by atoms with Crippen LogP contribution >= 0.6 is 12.4 Å². The van der Waals surface area contributed by atoms with E-state index in [0.29, 0.717) is 13.0 Å². The largest absolute Gasteiger partial charge is 0.465 e. The topological polar surface area (TPSA) is 88.9 Å². The van der Waals surface area contributed by atoms with Crippen LogP contribution in [-0.2, 0) is 14.8 Å². The number of carbonyl (C=O) groups excluding carboxylic acids is 1. The van der Waals surface area contributed by atoms with Crippen molar-refractivity contribution in [3.63, 3.8) is 0 Å². The van der Waals surface area contributed by atoms with Gasteiger partial charge >= 0.3 is 5.97 Å². The molecule has 0 spiro atoms. The van der Waals surface area contributed by atoms with Crippen LogP contribution in [0.5, 0.6) is 0 Å². The first kappa shape index (κ1) is 21.0. The van der Waals surface area contributed by atoms with Gasteiger partial charge < -0.3 is 14.5 Å². The smallest absolute Gasteiger partial charge is 0.341 e. The van der Waals surface area contributed by atoms with E-state index in [-0.39, 0.29) is 34.9 Å². The Hall–Kier alpha value is -1.09. The van der Waals surface area contributed by atoms with Gasteiger partial charge in [0, 0.05) is 18.7 Å². The zero-order valence-electron chi connectivity index (χ0n) is 14.2. The van der Waals surface area contributed by atoms with Crippen LogP contribution in [0.3, 0.4) is 0 Å². The summed E-state index contributed by atoms with van der Waals surface area (Å²) < 4.78 is 37.4. The molecule has 0 aromatic carbocycles. The van der Waals surface area contributed by atoms with Gasteiger partial charge in [0.15, 0.2) is 0 Å². The third-order valence-electron chi connectivity index (χ3n) is 4.02. The number of esters is 1. The van der Waals surface area contributed by atoms with Gasteiger partial charge in [0.2, 0.25) is 5.09 Å². The van der Waals surface area contributed by atoms with E-state index in [1.165, 1.54) is 17.5 Å². The van der Waals surface area contributed by atoms with Gasteiger partial charge in [-0.25, -0.2) is 13.2 Å². The number of ether oxygens (including phenoxy) is 1. The molecule has 0 atom stereocenters. The lowest BCUT2D eigenvalue weighted by molar-refractivity contribution is 0.0598. The van der Waals surface area contributed by atoms with Crippen molar-refractivity contribution in [3.05, 3.63) is 17.4 Å². The molecular formula is C15H25ClN2O5S. The minimum Gasteiger partial charge on any atom is -0.465 e. The van der Waals surface area contributed by atoms with Crippen LogP contribution in [0.25, 0.3) is 0 Å². The molecule has 0 unspecified atom stereocenters. The molecule has 1 fully saturated rings. The Bertz CT molecular complexity index is 653. The number of aryl methyl sites for hydroxylation is 1. The molecule has 0 bridgehead atoms. The SMILES string of the molecule is CCCN(C1CCNCC1)S(=O)(=O)c1cc(C(=O)OC)c(C)o1.Cl. The molecule has 0 saturated carbocycles. The molecular weight excluding hydrogens is 356 g/mol. The highest BCUT2D eigenvalue weighted by Gasteiger charge is 2.35. The second-order valence-corrected chi connectivity index (χ2v) is 7.45. The van der Waals surface area contributed by atoms with E-state index in [9.17, 15) is 13.2 Å². The van der Waals surface area contributed by atoms with Crippen LogP contribution in [0.1, 0.15) is 42.3 Å². The third-order valence-corrected chi connectivity index (χ3v) is 5.83. The van der Waals surface area contributed by atoms with E-state index in [2.05, 4.69) is 10.1 Å². The fraction of sp³-hybridized carbons (Fsp3) is 0.667. The van der Waals surface area contributed by atoms with E-state index in [0.717, 1.165) is 25.9 Å². The van der Waals surface area contributed by atoms with Gasteiger partial charge in [-0.1, -0.05) is 6.92 Å². The number of sulfonamides is 1. The summed E-state index contributed by atoms with van der Waals surface area (Å²) in [6, 6.07) is 1.22. The van der Waals surface area contributed by atoms with Crippen LogP contribution in [0.15, 0.2) is 15.6 Å². The zero-order chi connectivity index (χ0) is 17.0. The molecule has 1 aromatic rings. The zero-order valence-corrected chi connectivity index (χ0v) is 15.8. The summed E-state index contributed by atoms with van der Waals surface area (Å²) in [5.41, 5.74) is 0.146. The van der Waals surface area contributed by atoms with E-state index < -0.39 is 16.0 Å².